The summed E-state index contributed by atoms with van der Waals surface area (Å²) >= 11 is 0. The van der Waals surface area contributed by atoms with E-state index < -0.39 is 0 Å². The quantitative estimate of drug-likeness (QED) is 0.803. The van der Waals surface area contributed by atoms with E-state index in [1.165, 1.54) is 5.57 Å². The standard InChI is InChI=1S/C15H21N5O/c1-11(2)4-6-19-10-12(21-3)8-13(19)15-18-17-14-9-16-5-7-20(14)15/h4-5,7,9,12-13H,6,8,10H2,1-3H3/t12-,13+/m1/s1. The van der Waals surface area contributed by atoms with Crippen LogP contribution >= 0.6 is 0 Å². The summed E-state index contributed by atoms with van der Waals surface area (Å²) in [4.78, 5) is 6.49. The largest absolute Gasteiger partial charge is 0.380 e. The minimum atomic E-state index is 0.225. The maximum Gasteiger partial charge on any atom is 0.179 e. The van der Waals surface area contributed by atoms with E-state index in [0.717, 1.165) is 31.0 Å². The fourth-order valence-electron chi connectivity index (χ4n) is 2.80. The first-order valence-electron chi connectivity index (χ1n) is 7.24. The zero-order chi connectivity index (χ0) is 14.8. The first-order valence-corrected chi connectivity index (χ1v) is 7.24. The lowest BCUT2D eigenvalue weighted by atomic mass is 10.2. The van der Waals surface area contributed by atoms with Crippen molar-refractivity contribution in [3.63, 3.8) is 0 Å². The third kappa shape index (κ3) is 2.82. The number of rotatable bonds is 4. The van der Waals surface area contributed by atoms with Crippen molar-refractivity contribution in [3.8, 4) is 0 Å². The first-order chi connectivity index (χ1) is 10.2. The van der Waals surface area contributed by atoms with Crippen LogP contribution in [0.2, 0.25) is 0 Å². The summed E-state index contributed by atoms with van der Waals surface area (Å²) < 4.78 is 7.58. The molecule has 0 saturated carbocycles. The summed E-state index contributed by atoms with van der Waals surface area (Å²) in [5, 5.41) is 8.59. The Morgan fingerprint density at radius 3 is 3.05 bits per heavy atom. The third-order valence-corrected chi connectivity index (χ3v) is 3.97. The molecule has 1 fully saturated rings. The molecule has 0 aromatic carbocycles. The van der Waals surface area contributed by atoms with E-state index in [1.54, 1.807) is 19.5 Å². The van der Waals surface area contributed by atoms with Crippen LogP contribution in [0.15, 0.2) is 30.2 Å². The monoisotopic (exact) mass is 287 g/mol. The van der Waals surface area contributed by atoms with E-state index in [0.29, 0.717) is 0 Å². The Hall–Kier alpha value is -1.79. The lowest BCUT2D eigenvalue weighted by Gasteiger charge is -2.21. The van der Waals surface area contributed by atoms with Crippen LogP contribution in [0.4, 0.5) is 0 Å². The summed E-state index contributed by atoms with van der Waals surface area (Å²) in [5.41, 5.74) is 2.11. The van der Waals surface area contributed by atoms with Gasteiger partial charge in [0.2, 0.25) is 0 Å². The van der Waals surface area contributed by atoms with E-state index in [-0.39, 0.29) is 12.1 Å². The molecule has 0 amide bonds. The topological polar surface area (TPSA) is 55.6 Å². The van der Waals surface area contributed by atoms with Crippen LogP contribution in [0.25, 0.3) is 5.65 Å². The zero-order valence-electron chi connectivity index (χ0n) is 12.7. The molecule has 112 valence electrons. The van der Waals surface area contributed by atoms with Gasteiger partial charge in [-0.15, -0.1) is 10.2 Å². The van der Waals surface area contributed by atoms with Gasteiger partial charge in [0.1, 0.15) is 0 Å². The molecule has 0 bridgehead atoms. The number of fused-ring (bicyclic) bond motifs is 1. The molecular weight excluding hydrogens is 266 g/mol. The van der Waals surface area contributed by atoms with Gasteiger partial charge in [-0.2, -0.15) is 0 Å². The van der Waals surface area contributed by atoms with Gasteiger partial charge < -0.3 is 4.74 Å². The maximum absolute atomic E-state index is 5.56. The van der Waals surface area contributed by atoms with Crippen LogP contribution in [0.5, 0.6) is 0 Å². The Morgan fingerprint density at radius 1 is 1.43 bits per heavy atom. The SMILES string of the molecule is CO[C@@H]1C[C@@H](c2nnc3cnccn23)N(CC=C(C)C)C1. The summed E-state index contributed by atoms with van der Waals surface area (Å²) in [6.45, 7) is 6.08. The number of ether oxygens (including phenoxy) is 1. The lowest BCUT2D eigenvalue weighted by molar-refractivity contribution is 0.109. The van der Waals surface area contributed by atoms with Crippen LogP contribution in [0, 0.1) is 0 Å². The van der Waals surface area contributed by atoms with Crippen LogP contribution < -0.4 is 0 Å². The maximum atomic E-state index is 5.56. The van der Waals surface area contributed by atoms with Gasteiger partial charge in [-0.1, -0.05) is 11.6 Å². The minimum Gasteiger partial charge on any atom is -0.380 e. The van der Waals surface area contributed by atoms with Crippen molar-refractivity contribution in [2.75, 3.05) is 20.2 Å². The summed E-state index contributed by atoms with van der Waals surface area (Å²) in [6.07, 6.45) is 8.85. The normalized spacial score (nSPS) is 22.8. The Balaban J connectivity index is 1.92. The highest BCUT2D eigenvalue weighted by Gasteiger charge is 2.35. The molecule has 2 atom stereocenters. The molecule has 1 saturated heterocycles. The number of aromatic nitrogens is 4. The third-order valence-electron chi connectivity index (χ3n) is 3.97. The molecule has 6 heteroatoms. The van der Waals surface area contributed by atoms with Gasteiger partial charge in [0.25, 0.3) is 0 Å². The fraction of sp³-hybridized carbons (Fsp3) is 0.533. The number of hydrogen-bond acceptors (Lipinski definition) is 5. The molecule has 3 rings (SSSR count). The van der Waals surface area contributed by atoms with Gasteiger partial charge >= 0.3 is 0 Å². The van der Waals surface area contributed by atoms with Crippen molar-refractivity contribution in [3.05, 3.63) is 36.1 Å². The Labute approximate surface area is 124 Å². The predicted octanol–water partition coefficient (Wildman–Crippen LogP) is 1.85. The second kappa shape index (κ2) is 5.91. The highest BCUT2D eigenvalue weighted by atomic mass is 16.5. The van der Waals surface area contributed by atoms with Crippen molar-refractivity contribution in [1.82, 2.24) is 24.5 Å². The highest BCUT2D eigenvalue weighted by molar-refractivity contribution is 5.34. The van der Waals surface area contributed by atoms with Crippen LogP contribution in [0.1, 0.15) is 32.1 Å². The average Bonchev–Trinajstić information content (AvgIpc) is 3.08. The van der Waals surface area contributed by atoms with Crippen molar-refractivity contribution >= 4 is 5.65 Å². The Bertz CT molecular complexity index is 646. The molecule has 0 aliphatic carbocycles. The number of likely N-dealkylation sites (tertiary alicyclic amines) is 1. The molecule has 1 aliphatic heterocycles. The number of allylic oxidation sites excluding steroid dienone is 1. The van der Waals surface area contributed by atoms with Crippen molar-refractivity contribution in [2.45, 2.75) is 32.4 Å². The van der Waals surface area contributed by atoms with Gasteiger partial charge in [-0.25, -0.2) is 0 Å². The number of nitrogens with zero attached hydrogens (tertiary/aromatic N) is 5. The van der Waals surface area contributed by atoms with Crippen molar-refractivity contribution in [2.24, 2.45) is 0 Å². The predicted molar refractivity (Wildman–Crippen MR) is 79.9 cm³/mol. The molecule has 0 N–H and O–H groups in total. The van der Waals surface area contributed by atoms with Crippen molar-refractivity contribution in [1.29, 1.82) is 0 Å². The number of methoxy groups -OCH3 is 1. The molecular formula is C15H21N5O. The van der Waals surface area contributed by atoms with E-state index in [4.69, 9.17) is 4.74 Å². The van der Waals surface area contributed by atoms with E-state index >= 15 is 0 Å². The van der Waals surface area contributed by atoms with Gasteiger partial charge in [0, 0.05) is 32.6 Å². The lowest BCUT2D eigenvalue weighted by Crippen LogP contribution is -2.26. The Morgan fingerprint density at radius 2 is 2.29 bits per heavy atom. The van der Waals surface area contributed by atoms with E-state index in [2.05, 4.69) is 40.0 Å². The van der Waals surface area contributed by atoms with E-state index in [1.807, 2.05) is 10.6 Å². The van der Waals surface area contributed by atoms with Crippen LogP contribution in [0.3, 0.4) is 0 Å². The minimum absolute atomic E-state index is 0.225. The zero-order valence-corrected chi connectivity index (χ0v) is 12.7. The van der Waals surface area contributed by atoms with Crippen molar-refractivity contribution < 1.29 is 4.74 Å². The molecule has 2 aromatic heterocycles. The summed E-state index contributed by atoms with van der Waals surface area (Å²) in [6, 6.07) is 0.225. The molecule has 2 aromatic rings. The molecule has 6 nitrogen and oxygen atoms in total. The molecule has 3 heterocycles. The number of hydrogen-bond donors (Lipinski definition) is 0. The van der Waals surface area contributed by atoms with Gasteiger partial charge in [0.05, 0.1) is 18.3 Å². The molecule has 0 unspecified atom stereocenters. The van der Waals surface area contributed by atoms with Crippen LogP contribution in [-0.2, 0) is 4.74 Å². The second-order valence-corrected chi connectivity index (χ2v) is 5.71. The van der Waals surface area contributed by atoms with Crippen LogP contribution in [-0.4, -0.2) is 50.8 Å². The summed E-state index contributed by atoms with van der Waals surface area (Å²) in [7, 11) is 1.78. The van der Waals surface area contributed by atoms with Gasteiger partial charge in [0.15, 0.2) is 11.5 Å². The van der Waals surface area contributed by atoms with Gasteiger partial charge in [-0.3, -0.25) is 14.3 Å². The molecule has 21 heavy (non-hydrogen) atoms. The second-order valence-electron chi connectivity index (χ2n) is 5.71. The fourth-order valence-corrected chi connectivity index (χ4v) is 2.80. The smallest absolute Gasteiger partial charge is 0.179 e. The van der Waals surface area contributed by atoms with Gasteiger partial charge in [-0.05, 0) is 20.3 Å². The molecule has 0 spiro atoms. The molecule has 0 radical (unpaired) electrons. The molecule has 1 aliphatic rings. The average molecular weight is 287 g/mol. The first kappa shape index (κ1) is 14.2. The highest BCUT2D eigenvalue weighted by Crippen LogP contribution is 2.32. The van der Waals surface area contributed by atoms with E-state index in [9.17, 15) is 0 Å². The Kier molecular flexibility index (Phi) is 3.98. The summed E-state index contributed by atoms with van der Waals surface area (Å²) in [5.74, 6) is 0.967.